The van der Waals surface area contributed by atoms with Gasteiger partial charge < -0.3 is 9.73 Å². The maximum absolute atomic E-state index is 5.27. The number of nitrogens with zero attached hydrogens (tertiary/aromatic N) is 1. The molecule has 1 saturated heterocycles. The molecule has 0 amide bonds. The van der Waals surface area contributed by atoms with Gasteiger partial charge in [0.1, 0.15) is 5.76 Å². The second kappa shape index (κ2) is 5.51. The van der Waals surface area contributed by atoms with E-state index in [-0.39, 0.29) is 0 Å². The van der Waals surface area contributed by atoms with Crippen LogP contribution >= 0.6 is 0 Å². The maximum atomic E-state index is 5.27. The second-order valence-electron chi connectivity index (χ2n) is 4.94. The summed E-state index contributed by atoms with van der Waals surface area (Å²) in [6.45, 7) is 8.95. The van der Waals surface area contributed by atoms with Gasteiger partial charge in [-0.15, -0.1) is 0 Å². The standard InChI is InChI=1S/C13H22N2O/c1-11-8-12(2)15(10-11)6-5-14-9-13-4-3-7-16-13/h3-4,7,11-12,14H,5-6,8-10H2,1-2H3. The quantitative estimate of drug-likeness (QED) is 0.773. The minimum absolute atomic E-state index is 0.750. The van der Waals surface area contributed by atoms with E-state index in [4.69, 9.17) is 4.42 Å². The Kier molecular flexibility index (Phi) is 4.02. The van der Waals surface area contributed by atoms with Gasteiger partial charge in [-0.2, -0.15) is 0 Å². The molecular formula is C13H22N2O. The molecule has 0 aromatic carbocycles. The SMILES string of the molecule is CC1CC(C)N(CCNCc2ccco2)C1. The van der Waals surface area contributed by atoms with E-state index in [2.05, 4.69) is 24.1 Å². The van der Waals surface area contributed by atoms with Gasteiger partial charge in [-0.3, -0.25) is 4.90 Å². The molecule has 16 heavy (non-hydrogen) atoms. The molecule has 1 aliphatic rings. The lowest BCUT2D eigenvalue weighted by Gasteiger charge is -2.20. The van der Waals surface area contributed by atoms with Crippen molar-refractivity contribution in [3.8, 4) is 0 Å². The summed E-state index contributed by atoms with van der Waals surface area (Å²) >= 11 is 0. The first kappa shape index (κ1) is 11.7. The molecule has 0 radical (unpaired) electrons. The Morgan fingerprint density at radius 2 is 2.38 bits per heavy atom. The molecule has 3 nitrogen and oxygen atoms in total. The highest BCUT2D eigenvalue weighted by atomic mass is 16.3. The van der Waals surface area contributed by atoms with E-state index in [1.165, 1.54) is 13.0 Å². The third-order valence-corrected chi connectivity index (χ3v) is 3.37. The first-order chi connectivity index (χ1) is 7.75. The second-order valence-corrected chi connectivity index (χ2v) is 4.94. The van der Waals surface area contributed by atoms with E-state index in [0.717, 1.165) is 37.4 Å². The van der Waals surface area contributed by atoms with Crippen LogP contribution in [0.15, 0.2) is 22.8 Å². The summed E-state index contributed by atoms with van der Waals surface area (Å²) < 4.78 is 5.27. The molecule has 0 spiro atoms. The van der Waals surface area contributed by atoms with Gasteiger partial charge in [-0.25, -0.2) is 0 Å². The molecule has 0 aliphatic carbocycles. The summed E-state index contributed by atoms with van der Waals surface area (Å²) in [4.78, 5) is 2.57. The van der Waals surface area contributed by atoms with Crippen molar-refractivity contribution in [3.63, 3.8) is 0 Å². The maximum Gasteiger partial charge on any atom is 0.117 e. The van der Waals surface area contributed by atoms with Crippen LogP contribution in [-0.4, -0.2) is 30.6 Å². The summed E-state index contributed by atoms with van der Waals surface area (Å²) in [6.07, 6.45) is 3.07. The van der Waals surface area contributed by atoms with Gasteiger partial charge in [-0.05, 0) is 31.4 Å². The minimum atomic E-state index is 0.750. The summed E-state index contributed by atoms with van der Waals surface area (Å²) in [6, 6.07) is 4.69. The molecule has 1 aromatic rings. The van der Waals surface area contributed by atoms with Crippen LogP contribution in [-0.2, 0) is 6.54 Å². The smallest absolute Gasteiger partial charge is 0.117 e. The molecule has 2 rings (SSSR count). The van der Waals surface area contributed by atoms with Gasteiger partial charge in [0.05, 0.1) is 12.8 Å². The van der Waals surface area contributed by atoms with Crippen LogP contribution in [0.3, 0.4) is 0 Å². The predicted molar refractivity (Wildman–Crippen MR) is 65.2 cm³/mol. The lowest BCUT2D eigenvalue weighted by Crippen LogP contribution is -2.34. The lowest BCUT2D eigenvalue weighted by atomic mass is 10.1. The Hall–Kier alpha value is -0.800. The summed E-state index contributed by atoms with van der Waals surface area (Å²) in [5.41, 5.74) is 0. The average molecular weight is 222 g/mol. The predicted octanol–water partition coefficient (Wildman–Crippen LogP) is 2.10. The number of hydrogen-bond donors (Lipinski definition) is 1. The van der Waals surface area contributed by atoms with Crippen LogP contribution in [0, 0.1) is 5.92 Å². The zero-order valence-corrected chi connectivity index (χ0v) is 10.3. The van der Waals surface area contributed by atoms with Gasteiger partial charge in [-0.1, -0.05) is 6.92 Å². The minimum Gasteiger partial charge on any atom is -0.468 e. The lowest BCUT2D eigenvalue weighted by molar-refractivity contribution is 0.263. The topological polar surface area (TPSA) is 28.4 Å². The van der Waals surface area contributed by atoms with Crippen molar-refractivity contribution in [2.45, 2.75) is 32.9 Å². The van der Waals surface area contributed by atoms with Crippen molar-refractivity contribution in [2.24, 2.45) is 5.92 Å². The monoisotopic (exact) mass is 222 g/mol. The van der Waals surface area contributed by atoms with Gasteiger partial charge in [0.15, 0.2) is 0 Å². The molecule has 1 fully saturated rings. The fourth-order valence-electron chi connectivity index (χ4n) is 2.55. The first-order valence-electron chi connectivity index (χ1n) is 6.23. The van der Waals surface area contributed by atoms with Crippen molar-refractivity contribution in [1.29, 1.82) is 0 Å². The van der Waals surface area contributed by atoms with Gasteiger partial charge in [0.25, 0.3) is 0 Å². The normalized spacial score (nSPS) is 26.4. The zero-order valence-electron chi connectivity index (χ0n) is 10.3. The van der Waals surface area contributed by atoms with Crippen molar-refractivity contribution >= 4 is 0 Å². The van der Waals surface area contributed by atoms with Crippen LogP contribution in [0.1, 0.15) is 26.0 Å². The van der Waals surface area contributed by atoms with Crippen LogP contribution < -0.4 is 5.32 Å². The van der Waals surface area contributed by atoms with E-state index in [1.807, 2.05) is 12.1 Å². The number of hydrogen-bond acceptors (Lipinski definition) is 3. The number of furan rings is 1. The van der Waals surface area contributed by atoms with Gasteiger partial charge in [0, 0.05) is 25.7 Å². The molecule has 1 aromatic heterocycles. The molecule has 0 saturated carbocycles. The first-order valence-corrected chi connectivity index (χ1v) is 6.23. The highest BCUT2D eigenvalue weighted by Gasteiger charge is 2.24. The fraction of sp³-hybridized carbons (Fsp3) is 0.692. The number of likely N-dealkylation sites (tertiary alicyclic amines) is 1. The van der Waals surface area contributed by atoms with Crippen LogP contribution in [0.4, 0.5) is 0 Å². The van der Waals surface area contributed by atoms with E-state index in [0.29, 0.717) is 0 Å². The summed E-state index contributed by atoms with van der Waals surface area (Å²) in [5.74, 6) is 1.88. The average Bonchev–Trinajstić information content (AvgIpc) is 2.84. The third kappa shape index (κ3) is 3.09. The van der Waals surface area contributed by atoms with Gasteiger partial charge in [0.2, 0.25) is 0 Å². The number of rotatable bonds is 5. The van der Waals surface area contributed by atoms with Crippen LogP contribution in [0.2, 0.25) is 0 Å². The van der Waals surface area contributed by atoms with Crippen molar-refractivity contribution in [1.82, 2.24) is 10.2 Å². The van der Waals surface area contributed by atoms with Crippen LogP contribution in [0.5, 0.6) is 0 Å². The summed E-state index contributed by atoms with van der Waals surface area (Å²) in [7, 11) is 0. The Balaban J connectivity index is 1.61. The molecule has 0 bridgehead atoms. The van der Waals surface area contributed by atoms with Crippen molar-refractivity contribution < 1.29 is 4.42 Å². The molecule has 1 N–H and O–H groups in total. The highest BCUT2D eigenvalue weighted by molar-refractivity contribution is 4.97. The van der Waals surface area contributed by atoms with E-state index >= 15 is 0 Å². The van der Waals surface area contributed by atoms with Crippen molar-refractivity contribution in [2.75, 3.05) is 19.6 Å². The van der Waals surface area contributed by atoms with Crippen molar-refractivity contribution in [3.05, 3.63) is 24.2 Å². The van der Waals surface area contributed by atoms with E-state index in [9.17, 15) is 0 Å². The molecule has 3 heteroatoms. The largest absolute Gasteiger partial charge is 0.468 e. The molecule has 1 aliphatic heterocycles. The molecule has 90 valence electrons. The zero-order chi connectivity index (χ0) is 11.4. The molecule has 2 atom stereocenters. The fourth-order valence-corrected chi connectivity index (χ4v) is 2.55. The Bertz CT molecular complexity index is 297. The molecular weight excluding hydrogens is 200 g/mol. The summed E-state index contributed by atoms with van der Waals surface area (Å²) in [5, 5.41) is 3.41. The molecule has 2 unspecified atom stereocenters. The Morgan fingerprint density at radius 3 is 3.00 bits per heavy atom. The van der Waals surface area contributed by atoms with E-state index < -0.39 is 0 Å². The third-order valence-electron chi connectivity index (χ3n) is 3.37. The Morgan fingerprint density at radius 1 is 1.50 bits per heavy atom. The number of nitrogens with one attached hydrogen (secondary N) is 1. The molecule has 2 heterocycles. The van der Waals surface area contributed by atoms with Gasteiger partial charge >= 0.3 is 0 Å². The Labute approximate surface area is 97.8 Å². The van der Waals surface area contributed by atoms with Crippen LogP contribution in [0.25, 0.3) is 0 Å². The highest BCUT2D eigenvalue weighted by Crippen LogP contribution is 2.21. The van der Waals surface area contributed by atoms with E-state index in [1.54, 1.807) is 6.26 Å².